The lowest BCUT2D eigenvalue weighted by Gasteiger charge is -2.51. The maximum Gasteiger partial charge on any atom is 0.131 e. The molecule has 0 radical (unpaired) electrons. The van der Waals surface area contributed by atoms with Crippen LogP contribution in [0.1, 0.15) is 23.7 Å². The highest BCUT2D eigenvalue weighted by Crippen LogP contribution is 2.47. The first kappa shape index (κ1) is 18.7. The molecule has 0 aliphatic carbocycles. The first-order valence-electron chi connectivity index (χ1n) is 9.36. The van der Waals surface area contributed by atoms with Crippen LogP contribution in [-0.2, 0) is 0 Å². The van der Waals surface area contributed by atoms with Gasteiger partial charge in [0.2, 0.25) is 0 Å². The Bertz CT molecular complexity index is 872. The van der Waals surface area contributed by atoms with Crippen molar-refractivity contribution in [2.75, 3.05) is 20.2 Å². The average Bonchev–Trinajstić information content (AvgIpc) is 2.71. The minimum Gasteiger partial charge on any atom is -0.497 e. The highest BCUT2D eigenvalue weighted by Gasteiger charge is 2.43. The van der Waals surface area contributed by atoms with Crippen molar-refractivity contribution in [3.05, 3.63) is 48.7 Å². The van der Waals surface area contributed by atoms with Gasteiger partial charge in [0.15, 0.2) is 0 Å². The SMILES string of the molecule is C=C[C@H]1CN2CCC1C[C@H]2[C@H](SC(N)=S)c1ccnc2ccc(OC)cc12. The number of rotatable bonds is 5. The molecule has 2 aromatic rings. The number of nitrogens with two attached hydrogens (primary N) is 1. The van der Waals surface area contributed by atoms with Gasteiger partial charge < -0.3 is 10.5 Å². The zero-order valence-electron chi connectivity index (χ0n) is 15.5. The van der Waals surface area contributed by atoms with Crippen molar-refractivity contribution >= 4 is 39.2 Å². The number of aromatic nitrogens is 1. The fourth-order valence-electron chi connectivity index (χ4n) is 4.69. The highest BCUT2D eigenvalue weighted by molar-refractivity contribution is 8.23. The van der Waals surface area contributed by atoms with E-state index in [-0.39, 0.29) is 5.25 Å². The standard InChI is InChI=1S/C21H25N3OS2/c1-3-13-12-24-9-7-14(13)10-19(24)20(27-21(22)26)16-6-8-23-18-5-4-15(25-2)11-17(16)18/h3-6,8,11,13-14,19-20H,1,7,9-10,12H2,2H3,(H2,22,26)/t13-,14?,19-,20+/m0/s1. The summed E-state index contributed by atoms with van der Waals surface area (Å²) in [6, 6.07) is 8.58. The van der Waals surface area contributed by atoms with Gasteiger partial charge in [-0.25, -0.2) is 0 Å². The van der Waals surface area contributed by atoms with E-state index in [1.807, 2.05) is 18.3 Å². The van der Waals surface area contributed by atoms with Crippen molar-refractivity contribution < 1.29 is 4.74 Å². The van der Waals surface area contributed by atoms with Crippen molar-refractivity contribution in [3.63, 3.8) is 0 Å². The van der Waals surface area contributed by atoms with E-state index in [1.165, 1.54) is 12.0 Å². The molecule has 0 amide bonds. The Hall–Kier alpha value is -1.63. The van der Waals surface area contributed by atoms with Gasteiger partial charge in [-0.2, -0.15) is 0 Å². The molecule has 1 aromatic carbocycles. The van der Waals surface area contributed by atoms with Gasteiger partial charge in [-0.05, 0) is 61.1 Å². The molecule has 3 saturated heterocycles. The lowest BCUT2D eigenvalue weighted by Crippen LogP contribution is -2.54. The number of methoxy groups -OCH3 is 1. The second-order valence-electron chi connectivity index (χ2n) is 7.39. The van der Waals surface area contributed by atoms with E-state index in [4.69, 9.17) is 22.7 Å². The lowest BCUT2D eigenvalue weighted by molar-refractivity contribution is 0.0184. The van der Waals surface area contributed by atoms with Crippen LogP contribution in [0.25, 0.3) is 10.9 Å². The maximum atomic E-state index is 6.01. The number of hydrogen-bond donors (Lipinski definition) is 1. The zero-order chi connectivity index (χ0) is 19.0. The first-order chi connectivity index (χ1) is 13.1. The predicted octanol–water partition coefficient (Wildman–Crippen LogP) is 4.16. The van der Waals surface area contributed by atoms with Gasteiger partial charge in [-0.15, -0.1) is 6.58 Å². The van der Waals surface area contributed by atoms with Crippen molar-refractivity contribution in [1.82, 2.24) is 9.88 Å². The van der Waals surface area contributed by atoms with E-state index >= 15 is 0 Å². The van der Waals surface area contributed by atoms with Crippen LogP contribution in [0.15, 0.2) is 43.1 Å². The molecular formula is C21H25N3OS2. The number of hydrogen-bond acceptors (Lipinski definition) is 5. The van der Waals surface area contributed by atoms with Crippen molar-refractivity contribution in [1.29, 1.82) is 0 Å². The molecule has 27 heavy (non-hydrogen) atoms. The van der Waals surface area contributed by atoms with Gasteiger partial charge in [0.1, 0.15) is 10.1 Å². The zero-order valence-corrected chi connectivity index (χ0v) is 17.1. The molecular weight excluding hydrogens is 374 g/mol. The minimum atomic E-state index is 0.189. The lowest BCUT2D eigenvalue weighted by atomic mass is 9.74. The smallest absolute Gasteiger partial charge is 0.131 e. The van der Waals surface area contributed by atoms with Gasteiger partial charge >= 0.3 is 0 Å². The minimum absolute atomic E-state index is 0.189. The van der Waals surface area contributed by atoms with E-state index in [2.05, 4.69) is 34.7 Å². The maximum absolute atomic E-state index is 6.01. The number of nitrogens with zero attached hydrogens (tertiary/aromatic N) is 2. The number of thioether (sulfide) groups is 1. The quantitative estimate of drug-likeness (QED) is 0.602. The largest absolute Gasteiger partial charge is 0.497 e. The molecule has 0 saturated carbocycles. The molecule has 5 atom stereocenters. The van der Waals surface area contributed by atoms with E-state index in [0.717, 1.165) is 36.2 Å². The van der Waals surface area contributed by atoms with Crippen LogP contribution < -0.4 is 10.5 Å². The van der Waals surface area contributed by atoms with Gasteiger partial charge in [0.25, 0.3) is 0 Å². The van der Waals surface area contributed by atoms with Crippen LogP contribution in [0, 0.1) is 11.8 Å². The molecule has 2 bridgehead atoms. The molecule has 2 unspecified atom stereocenters. The Labute approximate surface area is 170 Å². The molecule has 5 rings (SSSR count). The van der Waals surface area contributed by atoms with E-state index in [0.29, 0.717) is 22.2 Å². The first-order valence-corrected chi connectivity index (χ1v) is 10.6. The molecule has 1 aromatic heterocycles. The third kappa shape index (κ3) is 3.58. The van der Waals surface area contributed by atoms with Gasteiger partial charge in [0, 0.05) is 24.2 Å². The van der Waals surface area contributed by atoms with Crippen LogP contribution in [0.3, 0.4) is 0 Å². The second kappa shape index (κ2) is 7.78. The topological polar surface area (TPSA) is 51.4 Å². The highest BCUT2D eigenvalue weighted by atomic mass is 32.2. The van der Waals surface area contributed by atoms with E-state index < -0.39 is 0 Å². The molecule has 4 heterocycles. The fourth-order valence-corrected chi connectivity index (χ4v) is 6.02. The Balaban J connectivity index is 1.76. The summed E-state index contributed by atoms with van der Waals surface area (Å²) in [4.78, 5) is 7.15. The molecule has 6 heteroatoms. The summed E-state index contributed by atoms with van der Waals surface area (Å²) in [6.07, 6.45) is 6.43. The van der Waals surface area contributed by atoms with Gasteiger partial charge in [0.05, 0.1) is 17.9 Å². The molecule has 142 valence electrons. The summed E-state index contributed by atoms with van der Waals surface area (Å²) < 4.78 is 5.95. The molecule has 3 aliphatic heterocycles. The van der Waals surface area contributed by atoms with E-state index in [9.17, 15) is 0 Å². The Morgan fingerprint density at radius 1 is 1.48 bits per heavy atom. The Morgan fingerprint density at radius 3 is 3.00 bits per heavy atom. The molecule has 3 aliphatic rings. The third-order valence-electron chi connectivity index (χ3n) is 6.04. The summed E-state index contributed by atoms with van der Waals surface area (Å²) in [5.74, 6) is 2.14. The third-order valence-corrected chi connectivity index (χ3v) is 7.38. The van der Waals surface area contributed by atoms with Crippen LogP contribution >= 0.6 is 24.0 Å². The summed E-state index contributed by atoms with van der Waals surface area (Å²) in [7, 11) is 1.69. The molecule has 3 fully saturated rings. The van der Waals surface area contributed by atoms with Crippen molar-refractivity contribution in [2.45, 2.75) is 24.1 Å². The number of piperidine rings is 3. The van der Waals surface area contributed by atoms with Crippen molar-refractivity contribution in [2.24, 2.45) is 17.6 Å². The van der Waals surface area contributed by atoms with Gasteiger partial charge in [-0.1, -0.05) is 30.1 Å². The van der Waals surface area contributed by atoms with Crippen LogP contribution in [0.2, 0.25) is 0 Å². The fraction of sp³-hybridized carbons (Fsp3) is 0.429. The summed E-state index contributed by atoms with van der Waals surface area (Å²) >= 11 is 6.92. The number of benzene rings is 1. The number of pyridine rings is 1. The Morgan fingerprint density at radius 2 is 2.33 bits per heavy atom. The van der Waals surface area contributed by atoms with Gasteiger partial charge in [-0.3, -0.25) is 9.88 Å². The van der Waals surface area contributed by atoms with Crippen molar-refractivity contribution in [3.8, 4) is 5.75 Å². The number of thiocarbonyl (C=S) groups is 1. The summed E-state index contributed by atoms with van der Waals surface area (Å²) in [5.41, 5.74) is 8.22. The molecule has 4 nitrogen and oxygen atoms in total. The van der Waals surface area contributed by atoms with E-state index in [1.54, 1.807) is 18.9 Å². The summed E-state index contributed by atoms with van der Waals surface area (Å²) in [6.45, 7) is 6.27. The van der Waals surface area contributed by atoms with Crippen LogP contribution in [-0.4, -0.2) is 40.4 Å². The average molecular weight is 400 g/mol. The van der Waals surface area contributed by atoms with Crippen LogP contribution in [0.5, 0.6) is 5.75 Å². The second-order valence-corrected chi connectivity index (χ2v) is 9.27. The Kier molecular flexibility index (Phi) is 5.39. The number of ether oxygens (including phenoxy) is 1. The monoisotopic (exact) mass is 399 g/mol. The normalized spacial score (nSPS) is 28.0. The summed E-state index contributed by atoms with van der Waals surface area (Å²) in [5, 5.41) is 1.31. The molecule has 0 spiro atoms. The van der Waals surface area contributed by atoms with Crippen LogP contribution in [0.4, 0.5) is 0 Å². The predicted molar refractivity (Wildman–Crippen MR) is 117 cm³/mol. The number of fused-ring (bicyclic) bond motifs is 4. The molecule has 2 N–H and O–H groups in total.